The van der Waals surface area contributed by atoms with Crippen LogP contribution in [0.1, 0.15) is 25.7 Å². The molecule has 1 unspecified atom stereocenters. The Morgan fingerprint density at radius 1 is 1.27 bits per heavy atom. The van der Waals surface area contributed by atoms with E-state index in [-0.39, 0.29) is 12.1 Å². The van der Waals surface area contributed by atoms with E-state index in [1.165, 1.54) is 19.0 Å². The molecule has 0 spiro atoms. The van der Waals surface area contributed by atoms with Crippen molar-refractivity contribution in [2.24, 2.45) is 0 Å². The van der Waals surface area contributed by atoms with Gasteiger partial charge in [0.25, 0.3) is 0 Å². The van der Waals surface area contributed by atoms with Gasteiger partial charge in [-0.2, -0.15) is 0 Å². The van der Waals surface area contributed by atoms with Gasteiger partial charge in [0.1, 0.15) is 5.82 Å². The fourth-order valence-electron chi connectivity index (χ4n) is 2.81. The van der Waals surface area contributed by atoms with Crippen LogP contribution in [0.15, 0.2) is 23.2 Å². The van der Waals surface area contributed by atoms with Gasteiger partial charge in [-0.3, -0.25) is 9.53 Å². The number of hydrogen-bond acceptors (Lipinski definition) is 4. The molecule has 2 fully saturated rings. The van der Waals surface area contributed by atoms with Crippen molar-refractivity contribution >= 4 is 22.6 Å². The van der Waals surface area contributed by atoms with E-state index in [0.29, 0.717) is 10.7 Å². The van der Waals surface area contributed by atoms with Crippen LogP contribution in [0.2, 0.25) is 0 Å². The van der Waals surface area contributed by atoms with Gasteiger partial charge in [0.2, 0.25) is 0 Å². The summed E-state index contributed by atoms with van der Waals surface area (Å²) in [4.78, 5) is 19.3. The molecule has 2 heterocycles. The fraction of sp³-hybridized carbons (Fsp3) is 0.600. The van der Waals surface area contributed by atoms with Crippen LogP contribution in [-0.2, 0) is 10.8 Å². The molecule has 3 rings (SSSR count). The van der Waals surface area contributed by atoms with Crippen LogP contribution < -0.4 is 10.6 Å². The maximum absolute atomic E-state index is 12.0. The van der Waals surface area contributed by atoms with Crippen LogP contribution >= 0.6 is 0 Å². The number of carbonyl (C=O) groups is 1. The Hall–Kier alpha value is -1.47. The molecule has 6 nitrogen and oxygen atoms in total. The third-order valence-electron chi connectivity index (χ3n) is 4.24. The molecule has 7 heteroatoms. The summed E-state index contributed by atoms with van der Waals surface area (Å²) in [5.41, 5.74) is 0. The van der Waals surface area contributed by atoms with Crippen molar-refractivity contribution in [1.82, 2.24) is 15.2 Å². The number of carbonyl (C=O) groups excluding carboxylic acids is 1. The third-order valence-corrected chi connectivity index (χ3v) is 5.14. The molecular formula is C15H22N4O2S. The summed E-state index contributed by atoms with van der Waals surface area (Å²) >= 11 is 0. The highest BCUT2D eigenvalue weighted by Gasteiger charge is 2.32. The molecule has 0 aromatic carbocycles. The second-order valence-corrected chi connectivity index (χ2v) is 7.35. The first-order chi connectivity index (χ1) is 10.6. The molecule has 2 aliphatic rings. The molecule has 1 aliphatic heterocycles. The summed E-state index contributed by atoms with van der Waals surface area (Å²) in [5, 5.41) is 5.74. The van der Waals surface area contributed by atoms with Gasteiger partial charge in [-0.1, -0.05) is 0 Å². The van der Waals surface area contributed by atoms with Gasteiger partial charge in [0, 0.05) is 37.6 Å². The van der Waals surface area contributed by atoms with Crippen LogP contribution in [-0.4, -0.2) is 51.6 Å². The largest absolute Gasteiger partial charge is 0.335 e. The van der Waals surface area contributed by atoms with Gasteiger partial charge in [0.05, 0.1) is 15.7 Å². The normalized spacial score (nSPS) is 21.3. The number of anilines is 1. The second kappa shape index (κ2) is 6.75. The smallest absolute Gasteiger partial charge is 0.320 e. The average molecular weight is 322 g/mol. The number of urea groups is 1. The van der Waals surface area contributed by atoms with Crippen LogP contribution in [0.4, 0.5) is 10.6 Å². The maximum atomic E-state index is 12.0. The number of nitrogens with zero attached hydrogens (tertiary/aromatic N) is 2. The van der Waals surface area contributed by atoms with E-state index in [2.05, 4.69) is 20.5 Å². The highest BCUT2D eigenvalue weighted by Crippen LogP contribution is 2.29. The van der Waals surface area contributed by atoms with Crippen molar-refractivity contribution in [2.75, 3.05) is 24.7 Å². The number of amides is 2. The van der Waals surface area contributed by atoms with Crippen molar-refractivity contribution < 1.29 is 9.00 Å². The molecule has 1 aliphatic carbocycles. The van der Waals surface area contributed by atoms with Crippen LogP contribution in [0.5, 0.6) is 0 Å². The molecule has 1 aromatic heterocycles. The molecule has 0 radical (unpaired) electrons. The third kappa shape index (κ3) is 4.04. The van der Waals surface area contributed by atoms with Gasteiger partial charge in [-0.15, -0.1) is 0 Å². The number of nitrogens with one attached hydrogen (secondary N) is 2. The van der Waals surface area contributed by atoms with Gasteiger partial charge in [-0.05, 0) is 37.8 Å². The first-order valence-corrected chi connectivity index (χ1v) is 9.28. The summed E-state index contributed by atoms with van der Waals surface area (Å²) in [6.07, 6.45) is 7.81. The van der Waals surface area contributed by atoms with Crippen LogP contribution in [0, 0.1) is 0 Å². The molecule has 1 saturated carbocycles. The summed E-state index contributed by atoms with van der Waals surface area (Å²) in [6, 6.07) is 4.21. The van der Waals surface area contributed by atoms with Gasteiger partial charge in [0.15, 0.2) is 0 Å². The molecule has 1 atom stereocenters. The van der Waals surface area contributed by atoms with E-state index >= 15 is 0 Å². The zero-order valence-corrected chi connectivity index (χ0v) is 13.6. The zero-order chi connectivity index (χ0) is 15.5. The topological polar surface area (TPSA) is 74.3 Å². The zero-order valence-electron chi connectivity index (χ0n) is 12.7. The Labute approximate surface area is 133 Å². The Morgan fingerprint density at radius 2 is 2.00 bits per heavy atom. The minimum atomic E-state index is -1.05. The Morgan fingerprint density at radius 3 is 2.55 bits per heavy atom. The van der Waals surface area contributed by atoms with Crippen LogP contribution in [0.25, 0.3) is 0 Å². The standard InChI is InChI=1S/C15H22N4O2S/c1-22(21)13-4-5-14(16-10-13)18-15(20)17-11-6-8-19(9-7-11)12-2-3-12/h4-5,10-12H,2-3,6-9H2,1H3,(H2,16,17,18,20). The van der Waals surface area contributed by atoms with Crippen molar-refractivity contribution in [3.05, 3.63) is 18.3 Å². The first-order valence-electron chi connectivity index (χ1n) is 7.73. The Kier molecular flexibility index (Phi) is 4.73. The van der Waals surface area contributed by atoms with E-state index < -0.39 is 10.8 Å². The summed E-state index contributed by atoms with van der Waals surface area (Å²) in [6.45, 7) is 2.15. The molecular weight excluding hydrogens is 300 g/mol. The van der Waals surface area contributed by atoms with Gasteiger partial charge < -0.3 is 10.2 Å². The predicted octanol–water partition coefficient (Wildman–Crippen LogP) is 1.57. The van der Waals surface area contributed by atoms with Crippen molar-refractivity contribution in [2.45, 2.75) is 42.7 Å². The maximum Gasteiger partial charge on any atom is 0.320 e. The van der Waals surface area contributed by atoms with Crippen molar-refractivity contribution in [1.29, 1.82) is 0 Å². The summed E-state index contributed by atoms with van der Waals surface area (Å²) < 4.78 is 11.3. The lowest BCUT2D eigenvalue weighted by molar-refractivity contribution is 0.189. The van der Waals surface area contributed by atoms with E-state index in [4.69, 9.17) is 0 Å². The van der Waals surface area contributed by atoms with E-state index in [0.717, 1.165) is 32.0 Å². The lowest BCUT2D eigenvalue weighted by Gasteiger charge is -2.32. The second-order valence-electron chi connectivity index (χ2n) is 5.97. The predicted molar refractivity (Wildman–Crippen MR) is 86.3 cm³/mol. The molecule has 2 N–H and O–H groups in total. The highest BCUT2D eigenvalue weighted by molar-refractivity contribution is 7.84. The molecule has 120 valence electrons. The quantitative estimate of drug-likeness (QED) is 0.882. The Balaban J connectivity index is 1.45. The number of rotatable bonds is 4. The monoisotopic (exact) mass is 322 g/mol. The number of hydrogen-bond donors (Lipinski definition) is 2. The minimum absolute atomic E-state index is 0.220. The van der Waals surface area contributed by atoms with E-state index in [1.54, 1.807) is 18.4 Å². The number of piperidine rings is 1. The Bertz CT molecular complexity index is 551. The lowest BCUT2D eigenvalue weighted by Crippen LogP contribution is -2.46. The first kappa shape index (κ1) is 15.4. The van der Waals surface area contributed by atoms with E-state index in [9.17, 15) is 9.00 Å². The van der Waals surface area contributed by atoms with E-state index in [1.807, 2.05) is 0 Å². The van der Waals surface area contributed by atoms with Gasteiger partial charge in [-0.25, -0.2) is 9.78 Å². The number of aromatic nitrogens is 1. The molecule has 0 bridgehead atoms. The summed E-state index contributed by atoms with van der Waals surface area (Å²) in [5.74, 6) is 0.474. The number of likely N-dealkylation sites (tertiary alicyclic amines) is 1. The average Bonchev–Trinajstić information content (AvgIpc) is 3.33. The van der Waals surface area contributed by atoms with Gasteiger partial charge >= 0.3 is 6.03 Å². The SMILES string of the molecule is CS(=O)c1ccc(NC(=O)NC2CCN(C3CC3)CC2)nc1. The molecule has 1 aromatic rings. The number of pyridine rings is 1. The minimum Gasteiger partial charge on any atom is -0.335 e. The lowest BCUT2D eigenvalue weighted by atomic mass is 10.1. The molecule has 1 saturated heterocycles. The van der Waals surface area contributed by atoms with Crippen molar-refractivity contribution in [3.63, 3.8) is 0 Å². The van der Waals surface area contributed by atoms with Crippen LogP contribution in [0.3, 0.4) is 0 Å². The molecule has 2 amide bonds. The highest BCUT2D eigenvalue weighted by atomic mass is 32.2. The summed E-state index contributed by atoms with van der Waals surface area (Å²) in [7, 11) is -1.05. The molecule has 22 heavy (non-hydrogen) atoms. The fourth-order valence-corrected chi connectivity index (χ4v) is 3.27. The van der Waals surface area contributed by atoms with Crippen molar-refractivity contribution in [3.8, 4) is 0 Å².